The summed E-state index contributed by atoms with van der Waals surface area (Å²) in [5, 5.41) is 7.04. The average molecular weight is 400 g/mol. The van der Waals surface area contributed by atoms with Crippen LogP contribution in [0, 0.1) is 0 Å². The van der Waals surface area contributed by atoms with Crippen molar-refractivity contribution in [3.63, 3.8) is 0 Å². The van der Waals surface area contributed by atoms with Gasteiger partial charge in [0.05, 0.1) is 19.8 Å². The van der Waals surface area contributed by atoms with E-state index in [0.717, 1.165) is 51.4 Å². The maximum Gasteiger partial charge on any atom is 0.271 e. The van der Waals surface area contributed by atoms with Crippen molar-refractivity contribution in [2.45, 2.75) is 19.4 Å². The van der Waals surface area contributed by atoms with Gasteiger partial charge in [-0.3, -0.25) is 14.5 Å². The molecule has 0 bridgehead atoms. The fourth-order valence-electron chi connectivity index (χ4n) is 3.07. The summed E-state index contributed by atoms with van der Waals surface area (Å²) in [6, 6.07) is 12.2. The molecule has 3 rings (SSSR count). The molecule has 1 aliphatic rings. The Morgan fingerprint density at radius 1 is 1.07 bits per heavy atom. The zero-order valence-corrected chi connectivity index (χ0v) is 16.6. The van der Waals surface area contributed by atoms with Crippen LogP contribution in [0.2, 0.25) is 0 Å². The van der Waals surface area contributed by atoms with Crippen LogP contribution in [0.1, 0.15) is 23.3 Å². The second-order valence-electron chi connectivity index (χ2n) is 6.86. The lowest BCUT2D eigenvalue weighted by atomic mass is 10.2. The summed E-state index contributed by atoms with van der Waals surface area (Å²) in [6.07, 6.45) is 1.91. The topological polar surface area (TPSA) is 85.7 Å². The minimum absolute atomic E-state index is 0.234. The molecule has 1 aromatic carbocycles. The molecule has 0 unspecified atom stereocenters. The molecule has 29 heavy (non-hydrogen) atoms. The van der Waals surface area contributed by atoms with E-state index in [-0.39, 0.29) is 23.7 Å². The molecule has 0 aliphatic carbocycles. The second-order valence-corrected chi connectivity index (χ2v) is 6.86. The van der Waals surface area contributed by atoms with Crippen LogP contribution in [0.25, 0.3) is 0 Å². The summed E-state index contributed by atoms with van der Waals surface area (Å²) in [4.78, 5) is 26.7. The Hall–Kier alpha value is -2.71. The third-order valence-electron chi connectivity index (χ3n) is 4.70. The van der Waals surface area contributed by atoms with Gasteiger partial charge in [0.25, 0.3) is 11.5 Å². The number of morpholine rings is 1. The molecule has 2 heterocycles. The van der Waals surface area contributed by atoms with Crippen LogP contribution in [0.3, 0.4) is 0 Å². The quantitative estimate of drug-likeness (QED) is 0.603. The van der Waals surface area contributed by atoms with Crippen LogP contribution in [0.5, 0.6) is 5.75 Å². The molecular formula is C21H28N4O4. The van der Waals surface area contributed by atoms with Crippen molar-refractivity contribution in [2.24, 2.45) is 0 Å². The zero-order valence-electron chi connectivity index (χ0n) is 16.6. The van der Waals surface area contributed by atoms with Crippen LogP contribution in [0.4, 0.5) is 0 Å². The van der Waals surface area contributed by atoms with Crippen molar-refractivity contribution < 1.29 is 14.3 Å². The SMILES string of the molecule is O=C(NCCCCN1CCOCC1)c1ccc(=O)n(CCOc2ccccc2)n1. The van der Waals surface area contributed by atoms with E-state index in [4.69, 9.17) is 9.47 Å². The molecule has 1 saturated heterocycles. The molecule has 0 atom stereocenters. The lowest BCUT2D eigenvalue weighted by Gasteiger charge is -2.26. The minimum Gasteiger partial charge on any atom is -0.492 e. The standard InChI is InChI=1S/C21H28N4O4/c26-20-9-8-19(23-25(20)14-17-29-18-6-2-1-3-7-18)21(27)22-10-4-5-11-24-12-15-28-16-13-24/h1-3,6-9H,4-5,10-17H2,(H,22,27). The van der Waals surface area contributed by atoms with E-state index in [2.05, 4.69) is 15.3 Å². The molecule has 0 spiro atoms. The van der Waals surface area contributed by atoms with Gasteiger partial charge in [0.2, 0.25) is 0 Å². The van der Waals surface area contributed by atoms with Gasteiger partial charge in [-0.1, -0.05) is 18.2 Å². The monoisotopic (exact) mass is 400 g/mol. The van der Waals surface area contributed by atoms with Gasteiger partial charge in [-0.05, 0) is 37.6 Å². The number of amides is 1. The van der Waals surface area contributed by atoms with Crippen molar-refractivity contribution in [1.29, 1.82) is 0 Å². The Bertz CT molecular complexity index is 819. The molecule has 0 radical (unpaired) electrons. The maximum atomic E-state index is 12.3. The van der Waals surface area contributed by atoms with Crippen LogP contribution < -0.4 is 15.6 Å². The van der Waals surface area contributed by atoms with Gasteiger partial charge in [-0.2, -0.15) is 5.10 Å². The highest BCUT2D eigenvalue weighted by Gasteiger charge is 2.11. The van der Waals surface area contributed by atoms with Gasteiger partial charge >= 0.3 is 0 Å². The number of unbranched alkanes of at least 4 members (excludes halogenated alkanes) is 1. The van der Waals surface area contributed by atoms with E-state index in [1.807, 2.05) is 30.3 Å². The number of rotatable bonds is 10. The van der Waals surface area contributed by atoms with Gasteiger partial charge in [0.15, 0.2) is 0 Å². The Labute approximate surface area is 170 Å². The largest absolute Gasteiger partial charge is 0.492 e. The number of nitrogens with one attached hydrogen (secondary N) is 1. The number of hydrogen-bond donors (Lipinski definition) is 1. The molecular weight excluding hydrogens is 372 g/mol. The molecule has 8 heteroatoms. The van der Waals surface area contributed by atoms with Crippen molar-refractivity contribution in [3.8, 4) is 5.75 Å². The maximum absolute atomic E-state index is 12.3. The fraction of sp³-hybridized carbons (Fsp3) is 0.476. The van der Waals surface area contributed by atoms with Crippen molar-refractivity contribution in [1.82, 2.24) is 20.0 Å². The molecule has 1 N–H and O–H groups in total. The summed E-state index contributed by atoms with van der Waals surface area (Å²) in [6.45, 7) is 5.73. The van der Waals surface area contributed by atoms with E-state index in [1.54, 1.807) is 0 Å². The summed E-state index contributed by atoms with van der Waals surface area (Å²) in [5.74, 6) is 0.459. The molecule has 1 aromatic heterocycles. The van der Waals surface area contributed by atoms with Crippen molar-refractivity contribution in [3.05, 3.63) is 58.5 Å². The number of para-hydroxylation sites is 1. The normalized spacial score (nSPS) is 14.5. The van der Waals surface area contributed by atoms with E-state index < -0.39 is 0 Å². The first-order valence-corrected chi connectivity index (χ1v) is 10.1. The molecule has 8 nitrogen and oxygen atoms in total. The summed E-state index contributed by atoms with van der Waals surface area (Å²) in [7, 11) is 0. The number of aromatic nitrogens is 2. The van der Waals surface area contributed by atoms with Crippen LogP contribution >= 0.6 is 0 Å². The number of carbonyl (C=O) groups is 1. The Morgan fingerprint density at radius 2 is 1.86 bits per heavy atom. The van der Waals surface area contributed by atoms with Gasteiger partial charge in [0.1, 0.15) is 18.1 Å². The van der Waals surface area contributed by atoms with Crippen molar-refractivity contribution in [2.75, 3.05) is 46.0 Å². The highest BCUT2D eigenvalue weighted by Crippen LogP contribution is 2.07. The Kier molecular flexibility index (Phi) is 8.21. The Balaban J connectivity index is 1.40. The highest BCUT2D eigenvalue weighted by atomic mass is 16.5. The molecule has 1 aliphatic heterocycles. The molecule has 0 saturated carbocycles. The smallest absolute Gasteiger partial charge is 0.271 e. The summed E-state index contributed by atoms with van der Waals surface area (Å²) in [5.41, 5.74) is -0.0267. The van der Waals surface area contributed by atoms with Crippen LogP contribution in [-0.2, 0) is 11.3 Å². The van der Waals surface area contributed by atoms with E-state index in [1.165, 1.54) is 16.8 Å². The Morgan fingerprint density at radius 3 is 2.66 bits per heavy atom. The average Bonchev–Trinajstić information content (AvgIpc) is 2.76. The van der Waals surface area contributed by atoms with Gasteiger partial charge in [0, 0.05) is 25.7 Å². The first kappa shape index (κ1) is 21.0. The predicted molar refractivity (Wildman–Crippen MR) is 109 cm³/mol. The fourth-order valence-corrected chi connectivity index (χ4v) is 3.07. The number of ether oxygens (including phenoxy) is 2. The zero-order chi connectivity index (χ0) is 20.3. The third kappa shape index (κ3) is 6.99. The van der Waals surface area contributed by atoms with Gasteiger partial charge in [-0.25, -0.2) is 4.68 Å². The molecule has 2 aromatic rings. The van der Waals surface area contributed by atoms with Gasteiger partial charge in [-0.15, -0.1) is 0 Å². The first-order chi connectivity index (χ1) is 14.2. The minimum atomic E-state index is -0.269. The van der Waals surface area contributed by atoms with E-state index in [9.17, 15) is 9.59 Å². The molecule has 156 valence electrons. The summed E-state index contributed by atoms with van der Waals surface area (Å²) < 4.78 is 12.2. The van der Waals surface area contributed by atoms with Gasteiger partial charge < -0.3 is 14.8 Å². The van der Waals surface area contributed by atoms with E-state index >= 15 is 0 Å². The number of hydrogen-bond acceptors (Lipinski definition) is 6. The van der Waals surface area contributed by atoms with Crippen molar-refractivity contribution >= 4 is 5.91 Å². The lowest BCUT2D eigenvalue weighted by molar-refractivity contribution is 0.0372. The van der Waals surface area contributed by atoms with E-state index in [0.29, 0.717) is 13.2 Å². The third-order valence-corrected chi connectivity index (χ3v) is 4.70. The number of carbonyl (C=O) groups excluding carboxylic acids is 1. The highest BCUT2D eigenvalue weighted by molar-refractivity contribution is 5.91. The molecule has 1 fully saturated rings. The lowest BCUT2D eigenvalue weighted by Crippen LogP contribution is -2.37. The predicted octanol–water partition coefficient (Wildman–Crippen LogP) is 1.16. The van der Waals surface area contributed by atoms with Crippen LogP contribution in [0.15, 0.2) is 47.3 Å². The summed E-state index contributed by atoms with van der Waals surface area (Å²) >= 11 is 0. The first-order valence-electron chi connectivity index (χ1n) is 10.1. The second kappa shape index (κ2) is 11.3. The molecule has 1 amide bonds. The number of nitrogens with zero attached hydrogens (tertiary/aromatic N) is 3. The van der Waals surface area contributed by atoms with Crippen LogP contribution in [-0.4, -0.2) is 66.6 Å². The number of benzene rings is 1.